The summed E-state index contributed by atoms with van der Waals surface area (Å²) in [6.07, 6.45) is 2.91. The van der Waals surface area contributed by atoms with Gasteiger partial charge in [0.1, 0.15) is 5.60 Å². The lowest BCUT2D eigenvalue weighted by atomic mass is 9.77. The Morgan fingerprint density at radius 2 is 1.57 bits per heavy atom. The van der Waals surface area contributed by atoms with Gasteiger partial charge in [-0.05, 0) is 76.2 Å². The molecule has 7 nitrogen and oxygen atoms in total. The molecule has 1 unspecified atom stereocenters. The van der Waals surface area contributed by atoms with Crippen LogP contribution in [0.15, 0.2) is 24.3 Å². The molecule has 0 radical (unpaired) electrons. The van der Waals surface area contributed by atoms with E-state index in [1.54, 1.807) is 0 Å². The van der Waals surface area contributed by atoms with Gasteiger partial charge in [-0.2, -0.15) is 0 Å². The highest BCUT2D eigenvalue weighted by atomic mass is 32.2. The number of unbranched alkanes of at least 4 members (excludes halogenated alkanes) is 2. The molecule has 2 atom stereocenters. The summed E-state index contributed by atoms with van der Waals surface area (Å²) in [5, 5.41) is 0.0384. The quantitative estimate of drug-likeness (QED) is 0.127. The number of methoxy groups -OCH3 is 1. The van der Waals surface area contributed by atoms with Crippen LogP contribution in [-0.2, 0) is 45.2 Å². The first-order chi connectivity index (χ1) is 18.1. The molecule has 0 aromatic heterocycles. The molecule has 1 aromatic rings. The van der Waals surface area contributed by atoms with Crippen LogP contribution in [0.1, 0.15) is 92.2 Å². The zero-order valence-corrected chi connectivity index (χ0v) is 28.6. The Hall–Kier alpha value is -1.71. The second kappa shape index (κ2) is 14.5. The molecule has 230 valence electrons. The predicted octanol–water partition coefficient (Wildman–Crippen LogP) is 6.63. The fourth-order valence-corrected chi connectivity index (χ4v) is 6.53. The molecule has 0 heterocycles. The van der Waals surface area contributed by atoms with E-state index in [9.17, 15) is 18.0 Å². The normalized spacial score (nSPS) is 15.3. The van der Waals surface area contributed by atoms with Crippen molar-refractivity contribution in [3.05, 3.63) is 35.4 Å². The number of sulfone groups is 1. The van der Waals surface area contributed by atoms with Gasteiger partial charge < -0.3 is 13.9 Å². The summed E-state index contributed by atoms with van der Waals surface area (Å²) >= 11 is 0. The van der Waals surface area contributed by atoms with Crippen LogP contribution in [-0.4, -0.2) is 59.5 Å². The average Bonchev–Trinajstić information content (AvgIpc) is 2.81. The van der Waals surface area contributed by atoms with E-state index in [2.05, 4.69) is 33.9 Å². The van der Waals surface area contributed by atoms with Crippen molar-refractivity contribution in [1.82, 2.24) is 0 Å². The fourth-order valence-electron chi connectivity index (χ4n) is 4.15. The Morgan fingerprint density at radius 3 is 2.12 bits per heavy atom. The van der Waals surface area contributed by atoms with E-state index in [-0.39, 0.29) is 41.0 Å². The number of carbonyl (C=O) groups is 2. The molecule has 1 aromatic carbocycles. The van der Waals surface area contributed by atoms with Crippen LogP contribution in [0.3, 0.4) is 0 Å². The summed E-state index contributed by atoms with van der Waals surface area (Å²) in [7, 11) is -3.82. The molecule has 0 N–H and O–H groups in total. The first kappa shape index (κ1) is 36.3. The predicted molar refractivity (Wildman–Crippen MR) is 165 cm³/mol. The van der Waals surface area contributed by atoms with Gasteiger partial charge in [-0.25, -0.2) is 8.42 Å². The van der Waals surface area contributed by atoms with Crippen LogP contribution in [0.5, 0.6) is 0 Å². The van der Waals surface area contributed by atoms with Crippen molar-refractivity contribution in [1.29, 1.82) is 0 Å². The number of esters is 2. The monoisotopic (exact) mass is 598 g/mol. The van der Waals surface area contributed by atoms with E-state index < -0.39 is 29.2 Å². The summed E-state index contributed by atoms with van der Waals surface area (Å²) in [6, 6.07) is 7.73. The SMILES string of the molecule is COC(=O)[C@@H](C)Cc1cccc(C(C)(CCCCCS(=O)(=O)CCO[Si](C)(C)C(C)(C)C)C(=O)OC(C)(C)C)c1. The van der Waals surface area contributed by atoms with Gasteiger partial charge in [-0.15, -0.1) is 0 Å². The van der Waals surface area contributed by atoms with Crippen molar-refractivity contribution in [2.45, 2.75) is 117 Å². The molecule has 9 heteroatoms. The molecular weight excluding hydrogens is 544 g/mol. The van der Waals surface area contributed by atoms with Crippen LogP contribution in [0.25, 0.3) is 0 Å². The maximum atomic E-state index is 13.5. The molecule has 0 bridgehead atoms. The Balaban J connectivity index is 2.88. The van der Waals surface area contributed by atoms with Crippen molar-refractivity contribution in [3.8, 4) is 0 Å². The molecule has 0 amide bonds. The second-order valence-electron chi connectivity index (χ2n) is 13.7. The largest absolute Gasteiger partial charge is 0.469 e. The van der Waals surface area contributed by atoms with Gasteiger partial charge in [-0.3, -0.25) is 9.59 Å². The van der Waals surface area contributed by atoms with Gasteiger partial charge in [0, 0.05) is 6.61 Å². The topological polar surface area (TPSA) is 96.0 Å². The number of rotatable bonds is 15. The van der Waals surface area contributed by atoms with Crippen molar-refractivity contribution in [2.75, 3.05) is 25.2 Å². The molecule has 0 aliphatic rings. The fraction of sp³-hybridized carbons (Fsp3) is 0.742. The molecule has 0 spiro atoms. The third-order valence-corrected chi connectivity index (χ3v) is 14.1. The van der Waals surface area contributed by atoms with Gasteiger partial charge in [0.25, 0.3) is 0 Å². The number of hydrogen-bond acceptors (Lipinski definition) is 7. The molecule has 0 aliphatic carbocycles. The van der Waals surface area contributed by atoms with Crippen LogP contribution in [0.4, 0.5) is 0 Å². The standard InChI is InChI=1S/C31H54O7SSi/c1-24(27(32)36-9)22-25-16-15-17-26(23-25)31(8,28(33)38-29(2,3)4)18-13-12-14-20-39(34,35)21-19-37-40(10,11)30(5,6)7/h15-17,23-24H,12-14,18-22H2,1-11H3/t24-,31?/m0/s1. The zero-order valence-electron chi connectivity index (χ0n) is 26.8. The maximum absolute atomic E-state index is 13.5. The van der Waals surface area contributed by atoms with Gasteiger partial charge in [0.15, 0.2) is 18.2 Å². The van der Waals surface area contributed by atoms with Crippen molar-refractivity contribution >= 4 is 30.1 Å². The lowest BCUT2D eigenvalue weighted by Crippen LogP contribution is -2.41. The van der Waals surface area contributed by atoms with Crippen LogP contribution in [0.2, 0.25) is 18.1 Å². The summed E-state index contributed by atoms with van der Waals surface area (Å²) in [6.45, 7) is 20.1. The molecular formula is C31H54O7SSi. The third kappa shape index (κ3) is 11.6. The summed E-state index contributed by atoms with van der Waals surface area (Å²) < 4.78 is 42.0. The van der Waals surface area contributed by atoms with Gasteiger partial charge in [0.2, 0.25) is 0 Å². The molecule has 0 saturated carbocycles. The number of benzene rings is 1. The van der Waals surface area contributed by atoms with E-state index in [0.717, 1.165) is 11.1 Å². The van der Waals surface area contributed by atoms with Crippen LogP contribution in [0, 0.1) is 5.92 Å². The van der Waals surface area contributed by atoms with Gasteiger partial charge >= 0.3 is 11.9 Å². The highest BCUT2D eigenvalue weighted by Gasteiger charge is 2.39. The van der Waals surface area contributed by atoms with Crippen molar-refractivity contribution in [2.24, 2.45) is 5.92 Å². The summed E-state index contributed by atoms with van der Waals surface area (Å²) in [4.78, 5) is 25.4. The Kier molecular flexibility index (Phi) is 13.1. The van der Waals surface area contributed by atoms with E-state index in [1.165, 1.54) is 7.11 Å². The number of carbonyl (C=O) groups excluding carboxylic acids is 2. The van der Waals surface area contributed by atoms with E-state index in [0.29, 0.717) is 32.1 Å². The van der Waals surface area contributed by atoms with E-state index in [1.807, 2.05) is 58.9 Å². The van der Waals surface area contributed by atoms with Crippen LogP contribution >= 0.6 is 0 Å². The van der Waals surface area contributed by atoms with Crippen LogP contribution < -0.4 is 0 Å². The van der Waals surface area contributed by atoms with E-state index >= 15 is 0 Å². The summed E-state index contributed by atoms with van der Waals surface area (Å²) in [5.74, 6) is -0.748. The minimum Gasteiger partial charge on any atom is -0.469 e. The Morgan fingerprint density at radius 1 is 0.950 bits per heavy atom. The minimum atomic E-state index is -3.22. The molecule has 0 aliphatic heterocycles. The Labute approximate surface area is 244 Å². The van der Waals surface area contributed by atoms with Gasteiger partial charge in [-0.1, -0.05) is 64.8 Å². The van der Waals surface area contributed by atoms with Crippen molar-refractivity contribution < 1.29 is 31.9 Å². The lowest BCUT2D eigenvalue weighted by Gasteiger charge is -2.36. The highest BCUT2D eigenvalue weighted by Crippen LogP contribution is 2.37. The summed E-state index contributed by atoms with van der Waals surface area (Å²) in [5.41, 5.74) is 0.215. The smallest absolute Gasteiger partial charge is 0.316 e. The lowest BCUT2D eigenvalue weighted by molar-refractivity contribution is -0.162. The molecule has 1 rings (SSSR count). The first-order valence-electron chi connectivity index (χ1n) is 14.4. The molecule has 0 fully saturated rings. The third-order valence-electron chi connectivity index (χ3n) is 7.85. The van der Waals surface area contributed by atoms with Crippen molar-refractivity contribution in [3.63, 3.8) is 0 Å². The second-order valence-corrected chi connectivity index (χ2v) is 20.8. The highest BCUT2D eigenvalue weighted by molar-refractivity contribution is 7.91. The number of ether oxygens (including phenoxy) is 2. The Bertz CT molecular complexity index is 1080. The van der Waals surface area contributed by atoms with Gasteiger partial charge in [0.05, 0.1) is 29.9 Å². The minimum absolute atomic E-state index is 0.0337. The molecule has 40 heavy (non-hydrogen) atoms. The zero-order chi connectivity index (χ0) is 31.0. The first-order valence-corrected chi connectivity index (χ1v) is 19.1. The van der Waals surface area contributed by atoms with E-state index in [4.69, 9.17) is 13.9 Å². The maximum Gasteiger partial charge on any atom is 0.316 e. The number of hydrogen-bond donors (Lipinski definition) is 0. The molecule has 0 saturated heterocycles. The average molecular weight is 599 g/mol.